The molecule has 1 amide bonds. The van der Waals surface area contributed by atoms with Crippen LogP contribution in [0.4, 0.5) is 5.82 Å². The molecule has 2 heterocycles. The molecule has 4 aromatic rings. The fraction of sp³-hybridized carbons (Fsp3) is 0.346. The SMILES string of the molecule is CCOCc1nc2c(N)nc3ccccc3c2n1[C@H](C)CO[P@@](=O)(N[C@@H](C)C(=O)NC)Oc1ccc(Cl)cc1. The van der Waals surface area contributed by atoms with Gasteiger partial charge in [0.15, 0.2) is 5.82 Å². The minimum Gasteiger partial charge on any atom is -0.413 e. The fourth-order valence-corrected chi connectivity index (χ4v) is 5.86. The van der Waals surface area contributed by atoms with E-state index in [1.165, 1.54) is 7.05 Å². The van der Waals surface area contributed by atoms with Gasteiger partial charge in [0, 0.05) is 24.1 Å². The largest absolute Gasteiger partial charge is 0.459 e. The van der Waals surface area contributed by atoms with E-state index in [9.17, 15) is 9.36 Å². The summed E-state index contributed by atoms with van der Waals surface area (Å²) in [6, 6.07) is 12.7. The predicted octanol–water partition coefficient (Wildman–Crippen LogP) is 4.85. The molecule has 4 rings (SSSR count). The van der Waals surface area contributed by atoms with E-state index in [0.29, 0.717) is 28.8 Å². The molecule has 11 nitrogen and oxygen atoms in total. The summed E-state index contributed by atoms with van der Waals surface area (Å²) in [5.41, 5.74) is 8.32. The minimum atomic E-state index is -4.05. The summed E-state index contributed by atoms with van der Waals surface area (Å²) in [6.45, 7) is 6.03. The number of halogens is 1. The quantitative estimate of drug-likeness (QED) is 0.202. The van der Waals surface area contributed by atoms with Crippen LogP contribution in [0.5, 0.6) is 5.75 Å². The van der Waals surface area contributed by atoms with Crippen LogP contribution in [0.25, 0.3) is 21.9 Å². The summed E-state index contributed by atoms with van der Waals surface area (Å²) >= 11 is 5.98. The van der Waals surface area contributed by atoms with Gasteiger partial charge >= 0.3 is 7.75 Å². The van der Waals surface area contributed by atoms with Crippen molar-refractivity contribution in [1.82, 2.24) is 24.9 Å². The first kappa shape index (κ1) is 28.8. The molecular weight excluding hydrogens is 543 g/mol. The number of aromatic nitrogens is 3. The molecule has 2 aromatic heterocycles. The van der Waals surface area contributed by atoms with Crippen molar-refractivity contribution in [2.24, 2.45) is 0 Å². The van der Waals surface area contributed by atoms with Crippen LogP contribution in [0, 0.1) is 0 Å². The summed E-state index contributed by atoms with van der Waals surface area (Å²) in [4.78, 5) is 21.4. The van der Waals surface area contributed by atoms with Gasteiger partial charge in [-0.05, 0) is 51.1 Å². The van der Waals surface area contributed by atoms with E-state index in [2.05, 4.69) is 15.4 Å². The maximum atomic E-state index is 13.9. The molecule has 208 valence electrons. The van der Waals surface area contributed by atoms with Crippen LogP contribution in [0.1, 0.15) is 32.6 Å². The van der Waals surface area contributed by atoms with Crippen LogP contribution in [0.3, 0.4) is 0 Å². The zero-order valence-corrected chi connectivity index (χ0v) is 23.8. The van der Waals surface area contributed by atoms with Crippen LogP contribution in [-0.4, -0.2) is 46.7 Å². The molecule has 0 saturated carbocycles. The van der Waals surface area contributed by atoms with Crippen molar-refractivity contribution in [2.45, 2.75) is 39.5 Å². The zero-order valence-electron chi connectivity index (χ0n) is 22.2. The van der Waals surface area contributed by atoms with Crippen LogP contribution >= 0.6 is 19.3 Å². The molecule has 0 unspecified atom stereocenters. The van der Waals surface area contributed by atoms with E-state index < -0.39 is 19.8 Å². The van der Waals surface area contributed by atoms with E-state index in [0.717, 1.165) is 16.4 Å². The fourth-order valence-electron chi connectivity index (χ4n) is 4.16. The average molecular weight is 575 g/mol. The Labute approximate surface area is 231 Å². The monoisotopic (exact) mass is 574 g/mol. The van der Waals surface area contributed by atoms with Crippen LogP contribution < -0.4 is 20.7 Å². The van der Waals surface area contributed by atoms with Crippen molar-refractivity contribution in [2.75, 3.05) is 26.0 Å². The van der Waals surface area contributed by atoms with Crippen LogP contribution in [-0.2, 0) is 25.2 Å². The number of nitrogens with one attached hydrogen (secondary N) is 2. The number of pyridine rings is 1. The number of carbonyl (C=O) groups excluding carboxylic acids is 1. The Morgan fingerprint density at radius 3 is 2.56 bits per heavy atom. The third-order valence-electron chi connectivity index (χ3n) is 6.02. The number of likely N-dealkylation sites (N-methyl/N-ethyl adjacent to an activating group) is 1. The second-order valence-electron chi connectivity index (χ2n) is 8.90. The highest BCUT2D eigenvalue weighted by atomic mass is 35.5. The van der Waals surface area contributed by atoms with Crippen molar-refractivity contribution < 1.29 is 23.1 Å². The number of rotatable bonds is 12. The van der Waals surface area contributed by atoms with E-state index >= 15 is 0 Å². The Balaban J connectivity index is 1.70. The smallest absolute Gasteiger partial charge is 0.413 e. The third-order valence-corrected chi connectivity index (χ3v) is 7.91. The zero-order chi connectivity index (χ0) is 28.2. The van der Waals surface area contributed by atoms with Gasteiger partial charge in [0.2, 0.25) is 5.91 Å². The first-order valence-corrected chi connectivity index (χ1v) is 14.4. The summed E-state index contributed by atoms with van der Waals surface area (Å²) in [5.74, 6) is 0.807. The van der Waals surface area contributed by atoms with Gasteiger partial charge in [-0.3, -0.25) is 9.32 Å². The lowest BCUT2D eigenvalue weighted by Gasteiger charge is -2.25. The molecule has 0 radical (unpaired) electrons. The number of hydrogen-bond acceptors (Lipinski definition) is 8. The molecule has 13 heteroatoms. The molecule has 0 aliphatic heterocycles. The first-order chi connectivity index (χ1) is 18.7. The van der Waals surface area contributed by atoms with E-state index in [4.69, 9.17) is 36.1 Å². The summed E-state index contributed by atoms with van der Waals surface area (Å²) < 4.78 is 33.3. The van der Waals surface area contributed by atoms with Gasteiger partial charge in [-0.2, -0.15) is 5.09 Å². The minimum absolute atomic E-state index is 0.0561. The average Bonchev–Trinajstić information content (AvgIpc) is 3.32. The maximum Gasteiger partial charge on any atom is 0.459 e. The standard InChI is InChI=1S/C26H32ClN6O5P/c1-5-36-15-22-31-23-24(20-8-6-7-9-21(20)30-25(23)28)33(22)16(2)14-37-39(35,32-17(3)26(34)29-4)38-19-12-10-18(27)11-13-19/h6-13,16-17H,5,14-15H2,1-4H3,(H2,28,30)(H,29,34)(H,32,35)/t16-,17+,39+/m1/s1. The molecule has 39 heavy (non-hydrogen) atoms. The van der Waals surface area contributed by atoms with E-state index in [-0.39, 0.29) is 24.9 Å². The molecule has 0 bridgehead atoms. The topological polar surface area (TPSA) is 143 Å². The highest BCUT2D eigenvalue weighted by Gasteiger charge is 2.33. The Kier molecular flexibility index (Phi) is 9.09. The molecule has 0 fully saturated rings. The number of ether oxygens (including phenoxy) is 1. The molecule has 3 atom stereocenters. The second-order valence-corrected chi connectivity index (χ2v) is 11.0. The van der Waals surface area contributed by atoms with Gasteiger partial charge in [-0.15, -0.1) is 0 Å². The number of anilines is 1. The van der Waals surface area contributed by atoms with Crippen molar-refractivity contribution in [3.63, 3.8) is 0 Å². The van der Waals surface area contributed by atoms with Gasteiger partial charge in [0.25, 0.3) is 0 Å². The lowest BCUT2D eigenvalue weighted by Crippen LogP contribution is -2.40. The highest BCUT2D eigenvalue weighted by molar-refractivity contribution is 7.52. The Hall–Kier alpha value is -3.21. The number of imidazole rings is 1. The van der Waals surface area contributed by atoms with Crippen molar-refractivity contribution >= 4 is 53.0 Å². The van der Waals surface area contributed by atoms with Gasteiger partial charge in [-0.1, -0.05) is 29.8 Å². The van der Waals surface area contributed by atoms with Gasteiger partial charge in [0.05, 0.1) is 29.7 Å². The third kappa shape index (κ3) is 6.51. The lowest BCUT2D eigenvalue weighted by molar-refractivity contribution is -0.121. The van der Waals surface area contributed by atoms with Crippen molar-refractivity contribution in [1.29, 1.82) is 0 Å². The van der Waals surface area contributed by atoms with Gasteiger partial charge in [0.1, 0.15) is 23.7 Å². The second kappa shape index (κ2) is 12.3. The van der Waals surface area contributed by atoms with Crippen LogP contribution in [0.15, 0.2) is 48.5 Å². The molecule has 2 aromatic carbocycles. The van der Waals surface area contributed by atoms with E-state index in [1.54, 1.807) is 31.2 Å². The predicted molar refractivity (Wildman–Crippen MR) is 152 cm³/mol. The number of nitrogens with zero attached hydrogens (tertiary/aromatic N) is 3. The number of benzene rings is 2. The molecule has 0 aliphatic rings. The summed E-state index contributed by atoms with van der Waals surface area (Å²) in [7, 11) is -2.56. The van der Waals surface area contributed by atoms with Gasteiger partial charge in [-0.25, -0.2) is 14.5 Å². The number of para-hydroxylation sites is 1. The van der Waals surface area contributed by atoms with Crippen LogP contribution in [0.2, 0.25) is 5.02 Å². The number of carbonyl (C=O) groups is 1. The summed E-state index contributed by atoms with van der Waals surface area (Å²) in [6.07, 6.45) is 0. The number of nitrogen functional groups attached to an aromatic ring is 1. The maximum absolute atomic E-state index is 13.9. The number of amides is 1. The molecule has 4 N–H and O–H groups in total. The number of fused-ring (bicyclic) bond motifs is 3. The summed E-state index contributed by atoms with van der Waals surface area (Å²) in [5, 5.41) is 6.59. The lowest BCUT2D eigenvalue weighted by atomic mass is 10.1. The number of nitrogens with two attached hydrogens (primary N) is 1. The van der Waals surface area contributed by atoms with Gasteiger partial charge < -0.3 is 24.9 Å². The van der Waals surface area contributed by atoms with Crippen molar-refractivity contribution in [3.05, 3.63) is 59.4 Å². The van der Waals surface area contributed by atoms with E-state index in [1.807, 2.05) is 42.7 Å². The normalized spacial score (nSPS) is 14.7. The Morgan fingerprint density at radius 2 is 1.87 bits per heavy atom. The molecule has 0 saturated heterocycles. The molecule has 0 spiro atoms. The Morgan fingerprint density at radius 1 is 1.15 bits per heavy atom. The van der Waals surface area contributed by atoms with Crippen molar-refractivity contribution in [3.8, 4) is 5.75 Å². The Bertz CT molecular complexity index is 1510. The first-order valence-electron chi connectivity index (χ1n) is 12.5. The highest BCUT2D eigenvalue weighted by Crippen LogP contribution is 2.46. The molecular formula is C26H32ClN6O5P. The number of hydrogen-bond donors (Lipinski definition) is 3. The molecule has 0 aliphatic carbocycles.